The third-order valence-corrected chi connectivity index (χ3v) is 6.38. The van der Waals surface area contributed by atoms with Gasteiger partial charge < -0.3 is 9.47 Å². The Bertz CT molecular complexity index is 1420. The largest absolute Gasteiger partial charge is 0.496 e. The average molecular weight is 548 g/mol. The summed E-state index contributed by atoms with van der Waals surface area (Å²) in [7, 11) is 1.51. The summed E-state index contributed by atoms with van der Waals surface area (Å²) < 4.78 is 11.1. The van der Waals surface area contributed by atoms with Gasteiger partial charge in [0.15, 0.2) is 5.75 Å². The van der Waals surface area contributed by atoms with Crippen molar-refractivity contribution in [1.29, 1.82) is 0 Å². The van der Waals surface area contributed by atoms with Crippen LogP contribution in [0.15, 0.2) is 71.8 Å². The van der Waals surface area contributed by atoms with Crippen molar-refractivity contribution in [1.82, 2.24) is 5.43 Å². The van der Waals surface area contributed by atoms with E-state index in [4.69, 9.17) is 55.9 Å². The molecule has 1 N–H and O–H groups in total. The van der Waals surface area contributed by atoms with E-state index in [1.807, 2.05) is 30.3 Å². The summed E-state index contributed by atoms with van der Waals surface area (Å²) in [5, 5.41) is 7.39. The van der Waals surface area contributed by atoms with Crippen LogP contribution in [0.2, 0.25) is 20.1 Å². The van der Waals surface area contributed by atoms with E-state index in [-0.39, 0.29) is 6.61 Å². The number of hydrogen-bond donors (Lipinski definition) is 1. The van der Waals surface area contributed by atoms with Crippen molar-refractivity contribution in [2.45, 2.75) is 6.61 Å². The third-order valence-electron chi connectivity index (χ3n) is 5.08. The number of hydrogen-bond acceptors (Lipinski definition) is 4. The Morgan fingerprint density at radius 3 is 2.23 bits per heavy atom. The van der Waals surface area contributed by atoms with Crippen molar-refractivity contribution in [2.24, 2.45) is 5.10 Å². The maximum Gasteiger partial charge on any atom is 0.275 e. The number of halogens is 4. The minimum absolute atomic E-state index is 0.202. The van der Waals surface area contributed by atoms with E-state index < -0.39 is 5.91 Å². The van der Waals surface area contributed by atoms with Crippen molar-refractivity contribution in [2.75, 3.05) is 7.11 Å². The number of methoxy groups -OCH3 is 1. The molecule has 0 saturated heterocycles. The first-order valence-corrected chi connectivity index (χ1v) is 11.8. The Hall–Kier alpha value is -2.96. The first-order valence-electron chi connectivity index (χ1n) is 10.3. The van der Waals surface area contributed by atoms with Gasteiger partial charge in [-0.1, -0.05) is 76.7 Å². The van der Waals surface area contributed by atoms with Gasteiger partial charge in [-0.05, 0) is 58.3 Å². The lowest BCUT2D eigenvalue weighted by Gasteiger charge is -2.11. The zero-order valence-electron chi connectivity index (χ0n) is 18.3. The lowest BCUT2D eigenvalue weighted by Crippen LogP contribution is -2.18. The van der Waals surface area contributed by atoms with E-state index in [1.165, 1.54) is 13.3 Å². The second-order valence-corrected chi connectivity index (χ2v) is 9.08. The standard InChI is InChI=1S/C26H18Cl4N2O3/c1-34-24-12-18-5-3-2-4-17(18)11-19(24)26(33)32-31-13-16-9-22(29)25(23(30)10-16)35-14-15-6-7-20(27)21(28)8-15/h2-13H,14H2,1H3,(H,32,33)/b31-13-. The van der Waals surface area contributed by atoms with Crippen LogP contribution in [0, 0.1) is 0 Å². The van der Waals surface area contributed by atoms with Gasteiger partial charge in [-0.25, -0.2) is 5.43 Å². The minimum Gasteiger partial charge on any atom is -0.496 e. The molecule has 0 bridgehead atoms. The number of amides is 1. The van der Waals surface area contributed by atoms with Crippen molar-refractivity contribution in [3.8, 4) is 11.5 Å². The van der Waals surface area contributed by atoms with Crippen LogP contribution in [0.3, 0.4) is 0 Å². The smallest absolute Gasteiger partial charge is 0.275 e. The van der Waals surface area contributed by atoms with Gasteiger partial charge in [0.1, 0.15) is 12.4 Å². The summed E-state index contributed by atoms with van der Waals surface area (Å²) in [6.07, 6.45) is 1.44. The predicted octanol–water partition coefficient (Wildman–Crippen LogP) is 7.80. The Morgan fingerprint density at radius 1 is 0.886 bits per heavy atom. The number of nitrogens with one attached hydrogen (secondary N) is 1. The van der Waals surface area contributed by atoms with Crippen molar-refractivity contribution < 1.29 is 14.3 Å². The lowest BCUT2D eigenvalue weighted by molar-refractivity contribution is 0.0952. The van der Waals surface area contributed by atoms with Crippen molar-refractivity contribution >= 4 is 69.3 Å². The molecule has 4 rings (SSSR count). The average Bonchev–Trinajstić information content (AvgIpc) is 2.84. The molecular formula is C26H18Cl4N2O3. The summed E-state index contributed by atoms with van der Waals surface area (Å²) in [5.74, 6) is 0.357. The van der Waals surface area contributed by atoms with Crippen LogP contribution in [-0.4, -0.2) is 19.2 Å². The first-order chi connectivity index (χ1) is 16.9. The van der Waals surface area contributed by atoms with E-state index in [0.717, 1.165) is 16.3 Å². The van der Waals surface area contributed by atoms with Crippen molar-refractivity contribution in [3.63, 3.8) is 0 Å². The molecule has 4 aromatic carbocycles. The molecule has 0 aromatic heterocycles. The van der Waals surface area contributed by atoms with Gasteiger partial charge in [0.05, 0.1) is 39.0 Å². The van der Waals surface area contributed by atoms with Gasteiger partial charge in [0.2, 0.25) is 0 Å². The normalized spacial score (nSPS) is 11.1. The van der Waals surface area contributed by atoms with Crippen LogP contribution in [0.25, 0.3) is 10.8 Å². The number of hydrazone groups is 1. The molecule has 0 unspecified atom stereocenters. The summed E-state index contributed by atoms with van der Waals surface area (Å²) in [6, 6.07) is 19.7. The number of nitrogens with zero attached hydrogens (tertiary/aromatic N) is 1. The van der Waals surface area contributed by atoms with E-state index in [9.17, 15) is 4.79 Å². The van der Waals surface area contributed by atoms with Gasteiger partial charge in [0, 0.05) is 0 Å². The highest BCUT2D eigenvalue weighted by molar-refractivity contribution is 6.42. The Balaban J connectivity index is 1.45. The summed E-state index contributed by atoms with van der Waals surface area (Å²) in [5.41, 5.74) is 4.26. The highest BCUT2D eigenvalue weighted by atomic mass is 35.5. The minimum atomic E-state index is -0.414. The number of benzene rings is 4. The number of carbonyl (C=O) groups is 1. The Labute approximate surface area is 222 Å². The number of ether oxygens (including phenoxy) is 2. The molecule has 0 saturated carbocycles. The number of fused-ring (bicyclic) bond motifs is 1. The maximum atomic E-state index is 12.7. The lowest BCUT2D eigenvalue weighted by atomic mass is 10.1. The zero-order chi connectivity index (χ0) is 24.9. The Morgan fingerprint density at radius 2 is 1.57 bits per heavy atom. The second-order valence-electron chi connectivity index (χ2n) is 7.45. The highest BCUT2D eigenvalue weighted by Crippen LogP contribution is 2.35. The van der Waals surface area contributed by atoms with Crippen LogP contribution in [0.4, 0.5) is 0 Å². The first kappa shape index (κ1) is 25.1. The predicted molar refractivity (Wildman–Crippen MR) is 143 cm³/mol. The topological polar surface area (TPSA) is 59.9 Å². The van der Waals surface area contributed by atoms with Crippen LogP contribution < -0.4 is 14.9 Å². The van der Waals surface area contributed by atoms with E-state index in [0.29, 0.717) is 42.7 Å². The fraction of sp³-hybridized carbons (Fsp3) is 0.0769. The van der Waals surface area contributed by atoms with Crippen molar-refractivity contribution in [3.05, 3.63) is 104 Å². The molecule has 35 heavy (non-hydrogen) atoms. The number of rotatable bonds is 7. The van der Waals surface area contributed by atoms with Crippen LogP contribution in [-0.2, 0) is 6.61 Å². The van der Waals surface area contributed by atoms with Gasteiger partial charge in [-0.2, -0.15) is 5.10 Å². The molecule has 0 aliphatic heterocycles. The molecule has 0 heterocycles. The monoisotopic (exact) mass is 546 g/mol. The molecule has 0 aliphatic carbocycles. The van der Waals surface area contributed by atoms with Gasteiger partial charge in [-0.3, -0.25) is 4.79 Å². The molecule has 0 fully saturated rings. The summed E-state index contributed by atoms with van der Waals surface area (Å²) >= 11 is 24.7. The van der Waals surface area contributed by atoms with E-state index >= 15 is 0 Å². The second kappa shape index (κ2) is 11.2. The molecular weight excluding hydrogens is 530 g/mol. The molecule has 178 valence electrons. The molecule has 5 nitrogen and oxygen atoms in total. The van der Waals surface area contributed by atoms with Gasteiger partial charge in [-0.15, -0.1) is 0 Å². The highest BCUT2D eigenvalue weighted by Gasteiger charge is 2.14. The van der Waals surface area contributed by atoms with Crippen LogP contribution in [0.5, 0.6) is 11.5 Å². The summed E-state index contributed by atoms with van der Waals surface area (Å²) in [4.78, 5) is 12.7. The van der Waals surface area contributed by atoms with Gasteiger partial charge in [0.25, 0.3) is 5.91 Å². The Kier molecular flexibility index (Phi) is 8.04. The molecule has 0 aliphatic rings. The zero-order valence-corrected chi connectivity index (χ0v) is 21.3. The number of carbonyl (C=O) groups excluding carboxylic acids is 1. The molecule has 0 spiro atoms. The molecule has 0 radical (unpaired) electrons. The van der Waals surface area contributed by atoms with Crippen LogP contribution in [0.1, 0.15) is 21.5 Å². The molecule has 0 atom stereocenters. The molecule has 1 amide bonds. The summed E-state index contributed by atoms with van der Waals surface area (Å²) in [6.45, 7) is 0.202. The van der Waals surface area contributed by atoms with E-state index in [2.05, 4.69) is 10.5 Å². The fourth-order valence-corrected chi connectivity index (χ4v) is 4.30. The van der Waals surface area contributed by atoms with Crippen LogP contribution >= 0.6 is 46.4 Å². The third kappa shape index (κ3) is 6.00. The van der Waals surface area contributed by atoms with E-state index in [1.54, 1.807) is 36.4 Å². The quantitative estimate of drug-likeness (QED) is 0.189. The SMILES string of the molecule is COc1cc2ccccc2cc1C(=O)N/N=C\c1cc(Cl)c(OCc2ccc(Cl)c(Cl)c2)c(Cl)c1. The molecule has 9 heteroatoms. The fourth-order valence-electron chi connectivity index (χ4n) is 3.37. The van der Waals surface area contributed by atoms with Gasteiger partial charge >= 0.3 is 0 Å². The maximum absolute atomic E-state index is 12.7. The molecule has 4 aromatic rings.